The number of halogens is 1. The summed E-state index contributed by atoms with van der Waals surface area (Å²) in [5, 5.41) is 4.00. The molecule has 2 aromatic rings. The van der Waals surface area contributed by atoms with Crippen molar-refractivity contribution >= 4 is 33.0 Å². The van der Waals surface area contributed by atoms with Crippen molar-refractivity contribution in [1.82, 2.24) is 9.29 Å². The lowest BCUT2D eigenvalue weighted by atomic mass is 10.1. The Morgan fingerprint density at radius 3 is 2.95 bits per heavy atom. The lowest BCUT2D eigenvalue weighted by Gasteiger charge is -2.23. The molecule has 4 nitrogen and oxygen atoms in total. The molecule has 0 aromatic carbocycles. The summed E-state index contributed by atoms with van der Waals surface area (Å²) in [4.78, 5) is 3.95. The second-order valence-corrected chi connectivity index (χ2v) is 7.62. The highest BCUT2D eigenvalue weighted by Gasteiger charge is 2.37. The van der Waals surface area contributed by atoms with E-state index in [0.29, 0.717) is 6.54 Å². The van der Waals surface area contributed by atoms with Crippen LogP contribution in [0.15, 0.2) is 40.1 Å². The van der Waals surface area contributed by atoms with E-state index in [1.165, 1.54) is 16.6 Å². The van der Waals surface area contributed by atoms with E-state index in [1.54, 1.807) is 17.4 Å². The number of nitrogens with zero attached hydrogens (tertiary/aromatic N) is 2. The Hall–Kier alpha value is -0.950. The molecule has 0 N–H and O–H groups in total. The van der Waals surface area contributed by atoms with Crippen LogP contribution in [-0.2, 0) is 10.0 Å². The van der Waals surface area contributed by atoms with Crippen molar-refractivity contribution in [2.45, 2.75) is 23.8 Å². The molecule has 1 atom stereocenters. The topological polar surface area (TPSA) is 50.3 Å². The van der Waals surface area contributed by atoms with Crippen molar-refractivity contribution < 1.29 is 8.42 Å². The monoisotopic (exact) mass is 328 g/mol. The minimum atomic E-state index is -3.60. The minimum absolute atomic E-state index is 0.0310. The molecular formula is C13H13ClN2O2S2. The molecule has 3 heterocycles. The maximum atomic E-state index is 12.8. The van der Waals surface area contributed by atoms with Crippen molar-refractivity contribution in [3.8, 4) is 0 Å². The highest BCUT2D eigenvalue weighted by atomic mass is 35.5. The van der Waals surface area contributed by atoms with E-state index in [-0.39, 0.29) is 16.1 Å². The Kier molecular flexibility index (Phi) is 3.81. The predicted molar refractivity (Wildman–Crippen MR) is 79.4 cm³/mol. The van der Waals surface area contributed by atoms with Crippen molar-refractivity contribution in [3.05, 3.63) is 45.9 Å². The SMILES string of the molecule is O=S(=O)(c1cccnc1Cl)N1CCCC1c1ccsc1. The quantitative estimate of drug-likeness (QED) is 0.812. The number of pyridine rings is 1. The van der Waals surface area contributed by atoms with Crippen LogP contribution in [0.3, 0.4) is 0 Å². The van der Waals surface area contributed by atoms with Gasteiger partial charge in [0.15, 0.2) is 0 Å². The van der Waals surface area contributed by atoms with Gasteiger partial charge in [-0.2, -0.15) is 15.6 Å². The molecule has 0 aliphatic carbocycles. The average molecular weight is 329 g/mol. The molecule has 0 bridgehead atoms. The van der Waals surface area contributed by atoms with Gasteiger partial charge in [-0.25, -0.2) is 13.4 Å². The van der Waals surface area contributed by atoms with Gasteiger partial charge < -0.3 is 0 Å². The van der Waals surface area contributed by atoms with Crippen molar-refractivity contribution in [3.63, 3.8) is 0 Å². The molecule has 1 aliphatic rings. The maximum Gasteiger partial charge on any atom is 0.246 e. The summed E-state index contributed by atoms with van der Waals surface area (Å²) in [5.74, 6) is 0. The third kappa shape index (κ3) is 2.37. The van der Waals surface area contributed by atoms with Gasteiger partial charge in [-0.15, -0.1) is 0 Å². The molecular weight excluding hydrogens is 316 g/mol. The molecule has 7 heteroatoms. The predicted octanol–water partition coefficient (Wildman–Crippen LogP) is 3.32. The van der Waals surface area contributed by atoms with Crippen LogP contribution in [-0.4, -0.2) is 24.3 Å². The first-order valence-corrected chi connectivity index (χ1v) is 9.01. The maximum absolute atomic E-state index is 12.8. The van der Waals surface area contributed by atoms with Crippen LogP contribution >= 0.6 is 22.9 Å². The summed E-state index contributed by atoms with van der Waals surface area (Å²) < 4.78 is 27.1. The zero-order chi connectivity index (χ0) is 14.2. The van der Waals surface area contributed by atoms with Gasteiger partial charge >= 0.3 is 0 Å². The van der Waals surface area contributed by atoms with Crippen LogP contribution in [0.25, 0.3) is 0 Å². The van der Waals surface area contributed by atoms with Crippen molar-refractivity contribution in [2.24, 2.45) is 0 Å². The van der Waals surface area contributed by atoms with Gasteiger partial charge in [-0.05, 0) is 47.4 Å². The summed E-state index contributed by atoms with van der Waals surface area (Å²) in [6.45, 7) is 0.522. The van der Waals surface area contributed by atoms with Gasteiger partial charge in [0.25, 0.3) is 0 Å². The molecule has 1 saturated heterocycles. The van der Waals surface area contributed by atoms with E-state index < -0.39 is 10.0 Å². The fraction of sp³-hybridized carbons (Fsp3) is 0.308. The first-order chi connectivity index (χ1) is 9.60. The molecule has 20 heavy (non-hydrogen) atoms. The second-order valence-electron chi connectivity index (χ2n) is 4.62. The zero-order valence-electron chi connectivity index (χ0n) is 10.6. The molecule has 1 aliphatic heterocycles. The number of thiophene rings is 1. The van der Waals surface area contributed by atoms with E-state index in [4.69, 9.17) is 11.6 Å². The molecule has 0 radical (unpaired) electrons. The van der Waals surface area contributed by atoms with Crippen LogP contribution in [0.1, 0.15) is 24.4 Å². The Bertz CT molecular complexity index is 701. The van der Waals surface area contributed by atoms with E-state index >= 15 is 0 Å². The smallest absolute Gasteiger partial charge is 0.243 e. The standard InChI is InChI=1S/C13H13ClN2O2S2/c14-13-12(4-1-6-15-13)20(17,18)16-7-2-3-11(16)10-5-8-19-9-10/h1,4-6,8-9,11H,2-3,7H2. The number of rotatable bonds is 3. The minimum Gasteiger partial charge on any atom is -0.243 e. The molecule has 0 amide bonds. The van der Waals surface area contributed by atoms with E-state index in [9.17, 15) is 8.42 Å². The summed E-state index contributed by atoms with van der Waals surface area (Å²) in [5.41, 5.74) is 1.05. The number of sulfonamides is 1. The van der Waals surface area contributed by atoms with Gasteiger partial charge in [0.1, 0.15) is 10.0 Å². The summed E-state index contributed by atoms with van der Waals surface area (Å²) in [6, 6.07) is 4.98. The average Bonchev–Trinajstić information content (AvgIpc) is 3.10. The van der Waals surface area contributed by atoms with Gasteiger partial charge in [0.05, 0.1) is 6.04 Å². The number of hydrogen-bond acceptors (Lipinski definition) is 4. The van der Waals surface area contributed by atoms with E-state index in [0.717, 1.165) is 18.4 Å². The normalized spacial score (nSPS) is 20.4. The van der Waals surface area contributed by atoms with Gasteiger partial charge in [0, 0.05) is 12.7 Å². The van der Waals surface area contributed by atoms with Crippen molar-refractivity contribution in [1.29, 1.82) is 0 Å². The van der Waals surface area contributed by atoms with Crippen LogP contribution in [0.5, 0.6) is 0 Å². The summed E-state index contributed by atoms with van der Waals surface area (Å²) in [6.07, 6.45) is 3.19. The molecule has 0 saturated carbocycles. The second kappa shape index (κ2) is 5.44. The fourth-order valence-electron chi connectivity index (χ4n) is 2.52. The third-order valence-electron chi connectivity index (χ3n) is 3.44. The Labute approximate surface area is 127 Å². The lowest BCUT2D eigenvalue weighted by Crippen LogP contribution is -2.30. The molecule has 3 rings (SSSR count). The van der Waals surface area contributed by atoms with Crippen LogP contribution in [0.4, 0.5) is 0 Å². The Morgan fingerprint density at radius 1 is 1.40 bits per heavy atom. The third-order valence-corrected chi connectivity index (χ3v) is 6.50. The van der Waals surface area contributed by atoms with E-state index in [1.807, 2.05) is 16.8 Å². The first-order valence-electron chi connectivity index (χ1n) is 6.25. The number of aromatic nitrogens is 1. The largest absolute Gasteiger partial charge is 0.246 e. The van der Waals surface area contributed by atoms with Crippen LogP contribution < -0.4 is 0 Å². The highest BCUT2D eigenvalue weighted by Crippen LogP contribution is 2.38. The fourth-order valence-corrected chi connectivity index (χ4v) is 5.33. The molecule has 1 unspecified atom stereocenters. The number of hydrogen-bond donors (Lipinski definition) is 0. The zero-order valence-corrected chi connectivity index (χ0v) is 13.0. The van der Waals surface area contributed by atoms with Gasteiger partial charge in [0.2, 0.25) is 10.0 Å². The molecule has 1 fully saturated rings. The van der Waals surface area contributed by atoms with E-state index in [2.05, 4.69) is 4.98 Å². The molecule has 106 valence electrons. The highest BCUT2D eigenvalue weighted by molar-refractivity contribution is 7.89. The van der Waals surface area contributed by atoms with Crippen molar-refractivity contribution in [2.75, 3.05) is 6.54 Å². The lowest BCUT2D eigenvalue weighted by molar-refractivity contribution is 0.397. The van der Waals surface area contributed by atoms with Gasteiger partial charge in [-0.1, -0.05) is 11.6 Å². The molecule has 2 aromatic heterocycles. The Balaban J connectivity index is 2.01. The van der Waals surface area contributed by atoms with Gasteiger partial charge in [-0.3, -0.25) is 0 Å². The Morgan fingerprint density at radius 2 is 2.25 bits per heavy atom. The first kappa shape index (κ1) is 14.0. The van der Waals surface area contributed by atoms with Crippen LogP contribution in [0.2, 0.25) is 5.15 Å². The summed E-state index contributed by atoms with van der Waals surface area (Å²) >= 11 is 7.52. The summed E-state index contributed by atoms with van der Waals surface area (Å²) in [7, 11) is -3.60. The molecule has 0 spiro atoms. The van der Waals surface area contributed by atoms with Crippen LogP contribution in [0, 0.1) is 0 Å².